The first-order valence-corrected chi connectivity index (χ1v) is 13.3. The summed E-state index contributed by atoms with van der Waals surface area (Å²) >= 11 is 1.10. The number of nitro groups is 1. The largest absolute Gasteiger partial charge is 0.298 e. The molecule has 3 aromatic rings. The van der Waals surface area contributed by atoms with E-state index in [0.717, 1.165) is 42.0 Å². The van der Waals surface area contributed by atoms with Crippen LogP contribution in [0.1, 0.15) is 10.4 Å². The maximum atomic E-state index is 12.6. The van der Waals surface area contributed by atoms with Crippen molar-refractivity contribution in [3.63, 3.8) is 0 Å². The number of hydrogen-bond acceptors (Lipinski definition) is 9. The van der Waals surface area contributed by atoms with E-state index in [9.17, 15) is 31.7 Å². The van der Waals surface area contributed by atoms with E-state index in [2.05, 4.69) is 15.0 Å². The Morgan fingerprint density at radius 2 is 1.72 bits per heavy atom. The SMILES string of the molecule is CS(=O)(=O)Nc1ccc(-c2csc(NC(=O)c3cc([N+](=O)[O-])cc(S(C)(=O)=O)c3)n2)cc1. The zero-order valence-electron chi connectivity index (χ0n) is 16.6. The second kappa shape index (κ2) is 8.64. The van der Waals surface area contributed by atoms with Gasteiger partial charge in [-0.25, -0.2) is 21.8 Å². The van der Waals surface area contributed by atoms with E-state index >= 15 is 0 Å². The maximum Gasteiger partial charge on any atom is 0.271 e. The lowest BCUT2D eigenvalue weighted by atomic mass is 10.1. The van der Waals surface area contributed by atoms with Crippen LogP contribution in [-0.2, 0) is 19.9 Å². The van der Waals surface area contributed by atoms with E-state index in [1.165, 1.54) is 0 Å². The van der Waals surface area contributed by atoms with Crippen LogP contribution in [0.3, 0.4) is 0 Å². The van der Waals surface area contributed by atoms with Gasteiger partial charge in [-0.15, -0.1) is 11.3 Å². The van der Waals surface area contributed by atoms with Gasteiger partial charge in [0.25, 0.3) is 11.6 Å². The molecule has 0 aliphatic carbocycles. The number of thiazole rings is 1. The van der Waals surface area contributed by atoms with Crippen LogP contribution in [0.15, 0.2) is 52.7 Å². The Labute approximate surface area is 187 Å². The first kappa shape index (κ1) is 23.3. The molecule has 11 nitrogen and oxygen atoms in total. The highest BCUT2D eigenvalue weighted by atomic mass is 32.2. The van der Waals surface area contributed by atoms with Crippen molar-refractivity contribution >= 4 is 53.6 Å². The highest BCUT2D eigenvalue weighted by Crippen LogP contribution is 2.27. The minimum Gasteiger partial charge on any atom is -0.298 e. The second-order valence-electron chi connectivity index (χ2n) is 6.69. The van der Waals surface area contributed by atoms with Gasteiger partial charge >= 0.3 is 0 Å². The Morgan fingerprint density at radius 1 is 1.06 bits per heavy atom. The van der Waals surface area contributed by atoms with Gasteiger partial charge in [-0.2, -0.15) is 0 Å². The Hall–Kier alpha value is -3.36. The van der Waals surface area contributed by atoms with Crippen LogP contribution in [0.4, 0.5) is 16.5 Å². The first-order chi connectivity index (χ1) is 14.8. The van der Waals surface area contributed by atoms with Gasteiger partial charge in [0.15, 0.2) is 15.0 Å². The van der Waals surface area contributed by atoms with Crippen molar-refractivity contribution in [3.8, 4) is 11.3 Å². The fraction of sp³-hybridized carbons (Fsp3) is 0.111. The number of nitrogens with one attached hydrogen (secondary N) is 2. The molecule has 3 rings (SSSR count). The normalized spacial score (nSPS) is 11.7. The molecule has 1 heterocycles. The monoisotopic (exact) mass is 496 g/mol. The summed E-state index contributed by atoms with van der Waals surface area (Å²) in [6.45, 7) is 0. The van der Waals surface area contributed by atoms with E-state index in [0.29, 0.717) is 16.9 Å². The summed E-state index contributed by atoms with van der Waals surface area (Å²) in [6.07, 6.45) is 1.92. The molecule has 0 spiro atoms. The average molecular weight is 497 g/mol. The van der Waals surface area contributed by atoms with Gasteiger partial charge in [0.1, 0.15) is 0 Å². The summed E-state index contributed by atoms with van der Waals surface area (Å²) in [5.41, 5.74) is 0.822. The number of hydrogen-bond donors (Lipinski definition) is 2. The molecule has 0 fully saturated rings. The van der Waals surface area contributed by atoms with Crippen molar-refractivity contribution in [1.82, 2.24) is 4.98 Å². The third-order valence-electron chi connectivity index (χ3n) is 4.00. The van der Waals surface area contributed by atoms with Crippen LogP contribution in [0, 0.1) is 10.1 Å². The number of amides is 1. The van der Waals surface area contributed by atoms with Crippen LogP contribution in [0.2, 0.25) is 0 Å². The highest BCUT2D eigenvalue weighted by molar-refractivity contribution is 7.92. The number of carbonyl (C=O) groups is 1. The smallest absolute Gasteiger partial charge is 0.271 e. The van der Waals surface area contributed by atoms with Crippen molar-refractivity contribution in [2.24, 2.45) is 0 Å². The van der Waals surface area contributed by atoms with Crippen molar-refractivity contribution in [3.05, 3.63) is 63.5 Å². The molecule has 0 saturated carbocycles. The summed E-state index contributed by atoms with van der Waals surface area (Å²) in [5, 5.41) is 15.4. The van der Waals surface area contributed by atoms with Gasteiger partial charge in [0.05, 0.1) is 21.8 Å². The standard InChI is InChI=1S/C18H16N4O7S3/c1-31(26,27)15-8-12(7-14(9-15)22(24)25)17(23)20-18-19-16(10-30-18)11-3-5-13(6-4-11)21-32(2,28)29/h3-10,21H,1-2H3,(H,19,20,23). The first-order valence-electron chi connectivity index (χ1n) is 8.66. The van der Waals surface area contributed by atoms with Crippen molar-refractivity contribution in [2.45, 2.75) is 4.90 Å². The summed E-state index contributed by atoms with van der Waals surface area (Å²) in [4.78, 5) is 26.8. The Kier molecular flexibility index (Phi) is 6.29. The Morgan fingerprint density at radius 3 is 2.28 bits per heavy atom. The number of nitro benzene ring substituents is 1. The molecule has 0 bridgehead atoms. The molecular weight excluding hydrogens is 480 g/mol. The predicted molar refractivity (Wildman–Crippen MR) is 120 cm³/mol. The minimum atomic E-state index is -3.77. The van der Waals surface area contributed by atoms with Gasteiger partial charge < -0.3 is 0 Å². The van der Waals surface area contributed by atoms with Crippen molar-refractivity contribution in [2.75, 3.05) is 22.6 Å². The molecule has 0 unspecified atom stereocenters. The van der Waals surface area contributed by atoms with E-state index in [1.807, 2.05) is 0 Å². The fourth-order valence-electron chi connectivity index (χ4n) is 2.59. The Balaban J connectivity index is 1.82. The van der Waals surface area contributed by atoms with E-state index in [4.69, 9.17) is 0 Å². The third-order valence-corrected chi connectivity index (χ3v) is 6.46. The molecule has 1 aromatic heterocycles. The molecule has 0 radical (unpaired) electrons. The van der Waals surface area contributed by atoms with E-state index in [-0.39, 0.29) is 15.6 Å². The number of sulfone groups is 1. The molecule has 0 saturated heterocycles. The zero-order valence-corrected chi connectivity index (χ0v) is 19.0. The maximum absolute atomic E-state index is 12.6. The number of rotatable bonds is 7. The van der Waals surface area contributed by atoms with Crippen LogP contribution < -0.4 is 10.0 Å². The molecule has 2 aromatic carbocycles. The van der Waals surface area contributed by atoms with Crippen molar-refractivity contribution < 1.29 is 26.6 Å². The zero-order chi connectivity index (χ0) is 23.7. The highest BCUT2D eigenvalue weighted by Gasteiger charge is 2.20. The van der Waals surface area contributed by atoms with E-state index in [1.54, 1.807) is 29.6 Å². The van der Waals surface area contributed by atoms with Crippen LogP contribution in [0.5, 0.6) is 0 Å². The van der Waals surface area contributed by atoms with Gasteiger partial charge in [0.2, 0.25) is 10.0 Å². The summed E-state index contributed by atoms with van der Waals surface area (Å²) in [5.74, 6) is -0.757. The quantitative estimate of drug-likeness (QED) is 0.372. The van der Waals surface area contributed by atoms with Crippen LogP contribution in [-0.4, -0.2) is 45.2 Å². The molecule has 2 N–H and O–H groups in total. The molecule has 1 amide bonds. The van der Waals surface area contributed by atoms with Gasteiger partial charge in [-0.05, 0) is 18.2 Å². The molecule has 0 atom stereocenters. The predicted octanol–water partition coefficient (Wildman–Crippen LogP) is 2.75. The third kappa shape index (κ3) is 5.87. The lowest BCUT2D eigenvalue weighted by Crippen LogP contribution is -2.13. The minimum absolute atomic E-state index is 0.191. The number of anilines is 2. The van der Waals surface area contributed by atoms with Crippen molar-refractivity contribution in [1.29, 1.82) is 0 Å². The number of carbonyl (C=O) groups excluding carboxylic acids is 1. The molecule has 168 valence electrons. The topological polar surface area (TPSA) is 165 Å². The number of benzene rings is 2. The van der Waals surface area contributed by atoms with Gasteiger partial charge in [-0.3, -0.25) is 24.9 Å². The summed E-state index contributed by atoms with van der Waals surface area (Å²) in [7, 11) is -7.18. The number of nitrogens with zero attached hydrogens (tertiary/aromatic N) is 2. The lowest BCUT2D eigenvalue weighted by molar-refractivity contribution is -0.385. The van der Waals surface area contributed by atoms with Crippen LogP contribution >= 0.6 is 11.3 Å². The van der Waals surface area contributed by atoms with E-state index < -0.39 is 36.4 Å². The van der Waals surface area contributed by atoms with Gasteiger partial charge in [-0.1, -0.05) is 12.1 Å². The molecule has 14 heteroatoms. The Bertz CT molecular complexity index is 1410. The number of non-ortho nitro benzene ring substituents is 1. The average Bonchev–Trinajstić information content (AvgIpc) is 3.14. The molecular formula is C18H16N4O7S3. The lowest BCUT2D eigenvalue weighted by Gasteiger charge is -2.05. The fourth-order valence-corrected chi connectivity index (χ4v) is 4.54. The summed E-state index contributed by atoms with van der Waals surface area (Å²) < 4.78 is 48.5. The van der Waals surface area contributed by atoms with Gasteiger partial charge in [0, 0.05) is 40.6 Å². The second-order valence-corrected chi connectivity index (χ2v) is 11.3. The molecule has 0 aliphatic heterocycles. The summed E-state index contributed by atoms with van der Waals surface area (Å²) in [6, 6.07) is 9.33. The van der Waals surface area contributed by atoms with Crippen LogP contribution in [0.25, 0.3) is 11.3 Å². The molecule has 0 aliphatic rings. The number of sulfonamides is 1. The molecule has 32 heavy (non-hydrogen) atoms. The number of aromatic nitrogens is 1.